The Morgan fingerprint density at radius 2 is 1.71 bits per heavy atom. The van der Waals surface area contributed by atoms with E-state index in [1.165, 1.54) is 13.2 Å². The van der Waals surface area contributed by atoms with Gasteiger partial charge in [0.25, 0.3) is 5.91 Å². The molecule has 0 saturated carbocycles. The summed E-state index contributed by atoms with van der Waals surface area (Å²) >= 11 is 0. The smallest absolute Gasteiger partial charge is 0.346 e. The third kappa shape index (κ3) is 3.46. The van der Waals surface area contributed by atoms with Gasteiger partial charge in [-0.3, -0.25) is 25.0 Å². The van der Waals surface area contributed by atoms with Crippen LogP contribution in [-0.4, -0.2) is 22.9 Å². The number of ether oxygens (including phenoxy) is 1. The number of nitro groups is 2. The van der Waals surface area contributed by atoms with Crippen LogP contribution in [0.5, 0.6) is 5.75 Å². The molecule has 2 aromatic carbocycles. The molecule has 0 fully saturated rings. The molecule has 2 rings (SSSR count). The molecule has 0 aliphatic carbocycles. The second-order valence-electron chi connectivity index (χ2n) is 4.85. The maximum atomic E-state index is 12.2. The highest BCUT2D eigenvalue weighted by Crippen LogP contribution is 2.28. The van der Waals surface area contributed by atoms with E-state index >= 15 is 0 Å². The predicted molar refractivity (Wildman–Crippen MR) is 85.4 cm³/mol. The van der Waals surface area contributed by atoms with Crippen LogP contribution >= 0.6 is 0 Å². The van der Waals surface area contributed by atoms with Gasteiger partial charge in [-0.25, -0.2) is 0 Å². The molecule has 0 bridgehead atoms. The fourth-order valence-corrected chi connectivity index (χ4v) is 2.06. The van der Waals surface area contributed by atoms with Crippen LogP contribution in [0.1, 0.15) is 15.9 Å². The van der Waals surface area contributed by atoms with E-state index < -0.39 is 27.1 Å². The van der Waals surface area contributed by atoms with Gasteiger partial charge in [-0.05, 0) is 36.8 Å². The number of carbonyl (C=O) groups is 1. The fraction of sp³-hybridized carbons (Fsp3) is 0.133. The molecule has 24 heavy (non-hydrogen) atoms. The van der Waals surface area contributed by atoms with Crippen molar-refractivity contribution in [2.45, 2.75) is 6.92 Å². The van der Waals surface area contributed by atoms with E-state index in [2.05, 4.69) is 5.32 Å². The van der Waals surface area contributed by atoms with E-state index in [4.69, 9.17) is 4.74 Å². The van der Waals surface area contributed by atoms with Gasteiger partial charge in [0, 0.05) is 23.4 Å². The quantitative estimate of drug-likeness (QED) is 0.663. The molecule has 2 aromatic rings. The van der Waals surface area contributed by atoms with Gasteiger partial charge in [-0.2, -0.15) is 0 Å². The number of amides is 1. The summed E-state index contributed by atoms with van der Waals surface area (Å²) in [4.78, 5) is 32.2. The molecule has 0 unspecified atom stereocenters. The average Bonchev–Trinajstić information content (AvgIpc) is 2.55. The van der Waals surface area contributed by atoms with E-state index in [-0.39, 0.29) is 5.56 Å². The number of aryl methyl sites for hydroxylation is 1. The normalized spacial score (nSPS) is 10.1. The molecule has 0 atom stereocenters. The van der Waals surface area contributed by atoms with Gasteiger partial charge in [0.15, 0.2) is 0 Å². The highest BCUT2D eigenvalue weighted by atomic mass is 16.6. The van der Waals surface area contributed by atoms with Gasteiger partial charge in [-0.1, -0.05) is 0 Å². The number of benzene rings is 2. The first-order valence-corrected chi connectivity index (χ1v) is 6.72. The summed E-state index contributed by atoms with van der Waals surface area (Å²) in [6.45, 7) is 1.76. The van der Waals surface area contributed by atoms with Crippen LogP contribution in [-0.2, 0) is 0 Å². The Hall–Kier alpha value is -3.49. The van der Waals surface area contributed by atoms with Crippen LogP contribution in [0.15, 0.2) is 36.4 Å². The van der Waals surface area contributed by atoms with Crippen LogP contribution in [0, 0.1) is 27.2 Å². The maximum Gasteiger partial charge on any atom is 0.346 e. The molecule has 0 saturated heterocycles. The summed E-state index contributed by atoms with van der Waals surface area (Å²) < 4.78 is 5.07. The highest BCUT2D eigenvalue weighted by molar-refractivity contribution is 6.05. The Kier molecular flexibility index (Phi) is 4.73. The molecular weight excluding hydrogens is 318 g/mol. The number of nitrogens with zero attached hydrogens (tertiary/aromatic N) is 2. The zero-order valence-electron chi connectivity index (χ0n) is 12.8. The molecule has 9 nitrogen and oxygen atoms in total. The van der Waals surface area contributed by atoms with Crippen molar-refractivity contribution in [3.8, 4) is 5.75 Å². The lowest BCUT2D eigenvalue weighted by atomic mass is 10.1. The molecule has 124 valence electrons. The first kappa shape index (κ1) is 16.9. The lowest BCUT2D eigenvalue weighted by molar-refractivity contribution is -0.422. The van der Waals surface area contributed by atoms with E-state index in [0.717, 1.165) is 17.7 Å². The Labute approximate surface area is 136 Å². The third-order valence-electron chi connectivity index (χ3n) is 3.31. The highest BCUT2D eigenvalue weighted by Gasteiger charge is 2.25. The van der Waals surface area contributed by atoms with Crippen LogP contribution in [0.3, 0.4) is 0 Å². The van der Waals surface area contributed by atoms with Crippen molar-refractivity contribution in [1.29, 1.82) is 0 Å². The number of hydrogen-bond acceptors (Lipinski definition) is 6. The number of hydrogen-bond donors (Lipinski definition) is 1. The number of nitrogens with one attached hydrogen (secondary N) is 1. The van der Waals surface area contributed by atoms with Crippen molar-refractivity contribution < 1.29 is 19.4 Å². The minimum absolute atomic E-state index is 0.0532. The Morgan fingerprint density at radius 1 is 1.04 bits per heavy atom. The molecule has 0 spiro atoms. The van der Waals surface area contributed by atoms with Crippen LogP contribution in [0.4, 0.5) is 17.1 Å². The first-order valence-electron chi connectivity index (χ1n) is 6.72. The fourth-order valence-electron chi connectivity index (χ4n) is 2.06. The van der Waals surface area contributed by atoms with Gasteiger partial charge in [0.05, 0.1) is 17.0 Å². The summed E-state index contributed by atoms with van der Waals surface area (Å²) in [5.41, 5.74) is -0.222. The largest absolute Gasteiger partial charge is 0.497 e. The van der Waals surface area contributed by atoms with Crippen molar-refractivity contribution in [2.75, 3.05) is 12.4 Å². The first-order chi connectivity index (χ1) is 11.3. The van der Waals surface area contributed by atoms with Crippen molar-refractivity contribution in [2.24, 2.45) is 0 Å². The Morgan fingerprint density at radius 3 is 2.25 bits per heavy atom. The standard InChI is InChI=1S/C15H13N3O6/c1-9-7-11(24-2)4-5-12(9)16-15(19)10-3-6-13(17(20)21)14(8-10)18(22)23/h3-8H,1-2H3,(H,16,19). The van der Waals surface area contributed by atoms with E-state index in [1.54, 1.807) is 25.1 Å². The lowest BCUT2D eigenvalue weighted by Crippen LogP contribution is -2.13. The van der Waals surface area contributed by atoms with Crippen molar-refractivity contribution in [3.63, 3.8) is 0 Å². The molecule has 9 heteroatoms. The average molecular weight is 331 g/mol. The molecular formula is C15H13N3O6. The predicted octanol–water partition coefficient (Wildman–Crippen LogP) is 3.07. The summed E-state index contributed by atoms with van der Waals surface area (Å²) in [6.07, 6.45) is 0. The van der Waals surface area contributed by atoms with Gasteiger partial charge in [0.1, 0.15) is 5.75 Å². The Bertz CT molecular complexity index is 834. The third-order valence-corrected chi connectivity index (χ3v) is 3.31. The lowest BCUT2D eigenvalue weighted by Gasteiger charge is -2.10. The van der Waals surface area contributed by atoms with Crippen LogP contribution in [0.25, 0.3) is 0 Å². The summed E-state index contributed by atoms with van der Waals surface area (Å²) in [6, 6.07) is 7.99. The molecule has 0 aliphatic heterocycles. The zero-order chi connectivity index (χ0) is 17.9. The number of rotatable bonds is 5. The van der Waals surface area contributed by atoms with Crippen LogP contribution in [0.2, 0.25) is 0 Å². The monoisotopic (exact) mass is 331 g/mol. The Balaban J connectivity index is 2.32. The van der Waals surface area contributed by atoms with Gasteiger partial charge in [-0.15, -0.1) is 0 Å². The molecule has 0 heterocycles. The number of methoxy groups -OCH3 is 1. The summed E-state index contributed by atoms with van der Waals surface area (Å²) in [7, 11) is 1.52. The SMILES string of the molecule is COc1ccc(NC(=O)c2ccc([N+](=O)[O-])c([N+](=O)[O-])c2)c(C)c1. The molecule has 0 aromatic heterocycles. The number of nitro benzene ring substituents is 2. The van der Waals surface area contributed by atoms with Gasteiger partial charge < -0.3 is 10.1 Å². The minimum Gasteiger partial charge on any atom is -0.497 e. The summed E-state index contributed by atoms with van der Waals surface area (Å²) in [5.74, 6) is 0.0118. The second-order valence-corrected chi connectivity index (χ2v) is 4.85. The van der Waals surface area contributed by atoms with Gasteiger partial charge >= 0.3 is 11.4 Å². The molecule has 0 radical (unpaired) electrons. The van der Waals surface area contributed by atoms with E-state index in [9.17, 15) is 25.0 Å². The van der Waals surface area contributed by atoms with E-state index in [0.29, 0.717) is 11.4 Å². The number of anilines is 1. The zero-order valence-corrected chi connectivity index (χ0v) is 12.8. The van der Waals surface area contributed by atoms with Crippen molar-refractivity contribution in [3.05, 3.63) is 67.8 Å². The van der Waals surface area contributed by atoms with Crippen molar-refractivity contribution in [1.82, 2.24) is 0 Å². The second kappa shape index (κ2) is 6.73. The molecule has 1 amide bonds. The van der Waals surface area contributed by atoms with Crippen LogP contribution < -0.4 is 10.1 Å². The summed E-state index contributed by atoms with van der Waals surface area (Å²) in [5, 5.41) is 24.3. The van der Waals surface area contributed by atoms with Gasteiger partial charge in [0.2, 0.25) is 0 Å². The minimum atomic E-state index is -0.895. The number of carbonyl (C=O) groups excluding carboxylic acids is 1. The maximum absolute atomic E-state index is 12.2. The van der Waals surface area contributed by atoms with Crippen molar-refractivity contribution >= 4 is 23.0 Å². The van der Waals surface area contributed by atoms with E-state index in [1.807, 2.05) is 0 Å². The molecule has 0 aliphatic rings. The molecule has 1 N–H and O–H groups in total. The topological polar surface area (TPSA) is 125 Å².